The molecule has 0 spiro atoms. The highest BCUT2D eigenvalue weighted by atomic mass is 16.2. The van der Waals surface area contributed by atoms with E-state index in [1.807, 2.05) is 45.9 Å². The van der Waals surface area contributed by atoms with E-state index in [9.17, 15) is 9.59 Å². The maximum Gasteiger partial charge on any atom is 0.242 e. The fraction of sp³-hybridized carbons (Fsp3) is 0.481. The van der Waals surface area contributed by atoms with Gasteiger partial charge in [0, 0.05) is 19.0 Å². The van der Waals surface area contributed by atoms with Crippen LogP contribution in [0.1, 0.15) is 75.6 Å². The van der Waals surface area contributed by atoms with Crippen LogP contribution in [-0.4, -0.2) is 28.8 Å². The van der Waals surface area contributed by atoms with Crippen LogP contribution >= 0.6 is 0 Å². The molecule has 31 heavy (non-hydrogen) atoms. The molecule has 2 amide bonds. The summed E-state index contributed by atoms with van der Waals surface area (Å²) in [5.41, 5.74) is 4.63. The van der Waals surface area contributed by atoms with Gasteiger partial charge >= 0.3 is 0 Å². The number of nitrogens with zero attached hydrogens (tertiary/aromatic N) is 1. The molecule has 4 nitrogen and oxygen atoms in total. The van der Waals surface area contributed by atoms with Gasteiger partial charge in [-0.15, -0.1) is 0 Å². The Hall–Kier alpha value is -2.62. The van der Waals surface area contributed by atoms with Gasteiger partial charge in [-0.2, -0.15) is 0 Å². The molecule has 0 bridgehead atoms. The summed E-state index contributed by atoms with van der Waals surface area (Å²) in [5.74, 6) is 0.392. The third kappa shape index (κ3) is 7.54. The van der Waals surface area contributed by atoms with Crippen molar-refractivity contribution in [3.05, 3.63) is 70.8 Å². The highest BCUT2D eigenvalue weighted by Crippen LogP contribution is 2.17. The van der Waals surface area contributed by atoms with Gasteiger partial charge in [0.15, 0.2) is 0 Å². The van der Waals surface area contributed by atoms with Crippen LogP contribution in [0.5, 0.6) is 0 Å². The smallest absolute Gasteiger partial charge is 0.242 e. The largest absolute Gasteiger partial charge is 0.352 e. The number of carbonyl (C=O) groups excluding carboxylic acids is 2. The number of carbonyl (C=O) groups is 2. The molecule has 0 heterocycles. The molecule has 2 aromatic rings. The van der Waals surface area contributed by atoms with Crippen LogP contribution in [0.15, 0.2) is 48.5 Å². The maximum atomic E-state index is 13.2. The van der Waals surface area contributed by atoms with Gasteiger partial charge in [0.1, 0.15) is 6.04 Å². The standard InChI is InChI=1S/C27H38N2O2/c1-7-21(5)28-27(31)22(6)29(18-24-10-8-9-20(4)17-24)26(30)16-13-23-11-14-25(15-12-23)19(2)3/h8-12,14-15,17,19,21-22H,7,13,16,18H2,1-6H3,(H,28,31). The predicted octanol–water partition coefficient (Wildman–Crippen LogP) is 5.38. The molecule has 2 aromatic carbocycles. The Balaban J connectivity index is 2.13. The number of aryl methyl sites for hydroxylation is 2. The first-order valence-electron chi connectivity index (χ1n) is 11.5. The van der Waals surface area contributed by atoms with Crippen molar-refractivity contribution in [3.8, 4) is 0 Å². The molecule has 1 N–H and O–H groups in total. The molecular weight excluding hydrogens is 384 g/mol. The Bertz CT molecular complexity index is 858. The van der Waals surface area contributed by atoms with Crippen LogP contribution in [0.3, 0.4) is 0 Å². The Kier molecular flexibility index (Phi) is 9.29. The first-order chi connectivity index (χ1) is 14.7. The lowest BCUT2D eigenvalue weighted by atomic mass is 10.00. The van der Waals surface area contributed by atoms with E-state index in [-0.39, 0.29) is 17.9 Å². The van der Waals surface area contributed by atoms with Crippen molar-refractivity contribution in [2.24, 2.45) is 0 Å². The van der Waals surface area contributed by atoms with Crippen molar-refractivity contribution in [2.75, 3.05) is 0 Å². The number of amides is 2. The zero-order chi connectivity index (χ0) is 23.0. The zero-order valence-electron chi connectivity index (χ0n) is 19.9. The number of benzene rings is 2. The highest BCUT2D eigenvalue weighted by Gasteiger charge is 2.26. The quantitative estimate of drug-likeness (QED) is 0.559. The minimum Gasteiger partial charge on any atom is -0.352 e. The molecule has 2 unspecified atom stereocenters. The van der Waals surface area contributed by atoms with Crippen molar-refractivity contribution in [1.82, 2.24) is 10.2 Å². The molecule has 0 aliphatic heterocycles. The van der Waals surface area contributed by atoms with E-state index >= 15 is 0 Å². The molecule has 0 saturated heterocycles. The minimum absolute atomic E-state index is 0.00115. The van der Waals surface area contributed by atoms with Crippen molar-refractivity contribution < 1.29 is 9.59 Å². The summed E-state index contributed by atoms with van der Waals surface area (Å²) in [6, 6.07) is 16.2. The maximum absolute atomic E-state index is 13.2. The average molecular weight is 423 g/mol. The van der Waals surface area contributed by atoms with Crippen molar-refractivity contribution in [3.63, 3.8) is 0 Å². The van der Waals surface area contributed by atoms with E-state index < -0.39 is 6.04 Å². The Morgan fingerprint density at radius 1 is 0.968 bits per heavy atom. The van der Waals surface area contributed by atoms with Gasteiger partial charge in [0.25, 0.3) is 0 Å². The fourth-order valence-corrected chi connectivity index (χ4v) is 3.52. The number of nitrogens with one attached hydrogen (secondary N) is 1. The van der Waals surface area contributed by atoms with Gasteiger partial charge in [-0.3, -0.25) is 9.59 Å². The normalized spacial score (nSPS) is 13.0. The number of hydrogen-bond donors (Lipinski definition) is 1. The van der Waals surface area contributed by atoms with Gasteiger partial charge in [0.05, 0.1) is 0 Å². The van der Waals surface area contributed by atoms with E-state index in [0.717, 1.165) is 23.1 Å². The van der Waals surface area contributed by atoms with Gasteiger partial charge in [-0.1, -0.05) is 74.9 Å². The summed E-state index contributed by atoms with van der Waals surface area (Å²) in [6.45, 7) is 12.7. The van der Waals surface area contributed by atoms with Crippen LogP contribution in [0, 0.1) is 6.92 Å². The van der Waals surface area contributed by atoms with E-state index in [1.165, 1.54) is 5.56 Å². The lowest BCUT2D eigenvalue weighted by molar-refractivity contribution is -0.140. The molecule has 4 heteroatoms. The second-order valence-corrected chi connectivity index (χ2v) is 8.90. The Morgan fingerprint density at radius 2 is 1.65 bits per heavy atom. The van der Waals surface area contributed by atoms with Gasteiger partial charge < -0.3 is 10.2 Å². The second kappa shape index (κ2) is 11.7. The number of hydrogen-bond acceptors (Lipinski definition) is 2. The van der Waals surface area contributed by atoms with Crippen LogP contribution in [0.25, 0.3) is 0 Å². The minimum atomic E-state index is -0.523. The molecular formula is C27H38N2O2. The lowest BCUT2D eigenvalue weighted by Crippen LogP contribution is -2.49. The zero-order valence-corrected chi connectivity index (χ0v) is 19.9. The van der Waals surface area contributed by atoms with Crippen molar-refractivity contribution in [1.29, 1.82) is 0 Å². The first-order valence-corrected chi connectivity index (χ1v) is 11.5. The molecule has 0 aliphatic rings. The monoisotopic (exact) mass is 422 g/mol. The van der Waals surface area contributed by atoms with Gasteiger partial charge in [-0.25, -0.2) is 0 Å². The highest BCUT2D eigenvalue weighted by molar-refractivity contribution is 5.87. The average Bonchev–Trinajstić information content (AvgIpc) is 2.75. The predicted molar refractivity (Wildman–Crippen MR) is 128 cm³/mol. The molecule has 0 radical (unpaired) electrons. The fourth-order valence-electron chi connectivity index (χ4n) is 3.52. The van der Waals surface area contributed by atoms with Gasteiger partial charge in [-0.05, 0) is 56.2 Å². The van der Waals surface area contributed by atoms with E-state index in [4.69, 9.17) is 0 Å². The van der Waals surface area contributed by atoms with Crippen molar-refractivity contribution in [2.45, 2.75) is 85.4 Å². The number of rotatable bonds is 10. The van der Waals surface area contributed by atoms with E-state index in [2.05, 4.69) is 49.5 Å². The second-order valence-electron chi connectivity index (χ2n) is 8.90. The van der Waals surface area contributed by atoms with Crippen molar-refractivity contribution >= 4 is 11.8 Å². The topological polar surface area (TPSA) is 49.4 Å². The van der Waals surface area contributed by atoms with Crippen LogP contribution in [-0.2, 0) is 22.6 Å². The molecule has 0 aliphatic carbocycles. The van der Waals surface area contributed by atoms with E-state index in [0.29, 0.717) is 25.3 Å². The Morgan fingerprint density at radius 3 is 2.23 bits per heavy atom. The summed E-state index contributed by atoms with van der Waals surface area (Å²) in [7, 11) is 0. The lowest BCUT2D eigenvalue weighted by Gasteiger charge is -2.30. The molecule has 0 aromatic heterocycles. The SMILES string of the molecule is CCC(C)NC(=O)C(C)N(Cc1cccc(C)c1)C(=O)CCc1ccc(C(C)C)cc1. The van der Waals surface area contributed by atoms with Gasteiger partial charge in [0.2, 0.25) is 11.8 Å². The molecule has 2 atom stereocenters. The third-order valence-electron chi connectivity index (χ3n) is 5.88. The van der Waals surface area contributed by atoms with Crippen LogP contribution in [0.4, 0.5) is 0 Å². The first kappa shape index (κ1) is 24.6. The molecule has 0 fully saturated rings. The summed E-state index contributed by atoms with van der Waals surface area (Å²) in [5, 5.41) is 3.02. The van der Waals surface area contributed by atoms with Crippen LogP contribution in [0.2, 0.25) is 0 Å². The summed E-state index contributed by atoms with van der Waals surface area (Å²) < 4.78 is 0. The third-order valence-corrected chi connectivity index (χ3v) is 5.88. The van der Waals surface area contributed by atoms with E-state index in [1.54, 1.807) is 4.90 Å². The van der Waals surface area contributed by atoms with Crippen LogP contribution < -0.4 is 5.32 Å². The molecule has 2 rings (SSSR count). The Labute approximate surface area is 188 Å². The molecule has 0 saturated carbocycles. The summed E-state index contributed by atoms with van der Waals surface area (Å²) in [4.78, 5) is 27.7. The summed E-state index contributed by atoms with van der Waals surface area (Å²) >= 11 is 0. The summed E-state index contributed by atoms with van der Waals surface area (Å²) in [6.07, 6.45) is 1.91. The molecule has 168 valence electrons.